The molecule has 1 fully saturated rings. The lowest BCUT2D eigenvalue weighted by Gasteiger charge is -2.21. The van der Waals surface area contributed by atoms with E-state index in [1.54, 1.807) is 0 Å². The van der Waals surface area contributed by atoms with Crippen LogP contribution >= 0.6 is 0 Å². The molecule has 0 aromatic heterocycles. The Kier molecular flexibility index (Phi) is 8.84. The molecule has 112 valence electrons. The van der Waals surface area contributed by atoms with Crippen molar-refractivity contribution in [3.8, 4) is 0 Å². The van der Waals surface area contributed by atoms with Gasteiger partial charge < -0.3 is 14.8 Å². The van der Waals surface area contributed by atoms with E-state index in [1.807, 2.05) is 13.8 Å². The quantitative estimate of drug-likeness (QED) is 0.518. The second-order valence-electron chi connectivity index (χ2n) is 5.11. The van der Waals surface area contributed by atoms with Crippen molar-refractivity contribution < 1.29 is 14.3 Å². The van der Waals surface area contributed by atoms with Crippen LogP contribution in [0.4, 0.5) is 0 Å². The van der Waals surface area contributed by atoms with E-state index < -0.39 is 0 Å². The molecule has 0 unspecified atom stereocenters. The highest BCUT2D eigenvalue weighted by atomic mass is 16.7. The molecule has 4 nitrogen and oxygen atoms in total. The van der Waals surface area contributed by atoms with Crippen LogP contribution in [0.25, 0.3) is 0 Å². The van der Waals surface area contributed by atoms with Gasteiger partial charge in [0.25, 0.3) is 0 Å². The van der Waals surface area contributed by atoms with Crippen LogP contribution in [0, 0.1) is 5.92 Å². The largest absolute Gasteiger partial charge is 0.356 e. The predicted molar refractivity (Wildman–Crippen MR) is 75.9 cm³/mol. The Labute approximate surface area is 117 Å². The highest BCUT2D eigenvalue weighted by Crippen LogP contribution is 2.23. The number of carbonyl (C=O) groups is 1. The van der Waals surface area contributed by atoms with Gasteiger partial charge in [-0.25, -0.2) is 0 Å². The van der Waals surface area contributed by atoms with Crippen molar-refractivity contribution >= 4 is 5.91 Å². The third kappa shape index (κ3) is 6.92. The first-order valence-corrected chi connectivity index (χ1v) is 7.78. The van der Waals surface area contributed by atoms with Crippen LogP contribution in [0.15, 0.2) is 0 Å². The molecule has 1 aliphatic carbocycles. The predicted octanol–water partition coefficient (Wildman–Crippen LogP) is 2.86. The van der Waals surface area contributed by atoms with E-state index in [0.29, 0.717) is 13.2 Å². The van der Waals surface area contributed by atoms with Crippen molar-refractivity contribution in [3.05, 3.63) is 0 Å². The SMILES string of the molecule is CCOC(CCCNC(=O)C1CCCCC1)OCC. The fourth-order valence-electron chi connectivity index (χ4n) is 2.58. The molecule has 0 radical (unpaired) electrons. The highest BCUT2D eigenvalue weighted by Gasteiger charge is 2.20. The normalized spacial score (nSPS) is 16.8. The lowest BCUT2D eigenvalue weighted by molar-refractivity contribution is -0.140. The van der Waals surface area contributed by atoms with Crippen molar-refractivity contribution in [2.75, 3.05) is 19.8 Å². The van der Waals surface area contributed by atoms with Gasteiger partial charge in [-0.05, 0) is 33.1 Å². The number of ether oxygens (including phenoxy) is 2. The minimum Gasteiger partial charge on any atom is -0.356 e. The summed E-state index contributed by atoms with van der Waals surface area (Å²) in [5.41, 5.74) is 0. The van der Waals surface area contributed by atoms with Crippen LogP contribution in [0.5, 0.6) is 0 Å². The van der Waals surface area contributed by atoms with Gasteiger partial charge in [-0.3, -0.25) is 4.79 Å². The third-order valence-corrected chi connectivity index (χ3v) is 3.60. The van der Waals surface area contributed by atoms with Gasteiger partial charge in [-0.15, -0.1) is 0 Å². The maximum atomic E-state index is 11.9. The first-order chi connectivity index (χ1) is 9.27. The second-order valence-corrected chi connectivity index (χ2v) is 5.11. The smallest absolute Gasteiger partial charge is 0.223 e. The van der Waals surface area contributed by atoms with Gasteiger partial charge in [-0.2, -0.15) is 0 Å². The first kappa shape index (κ1) is 16.4. The van der Waals surface area contributed by atoms with Gasteiger partial charge in [-0.1, -0.05) is 19.3 Å². The van der Waals surface area contributed by atoms with Gasteiger partial charge in [0, 0.05) is 32.1 Å². The summed E-state index contributed by atoms with van der Waals surface area (Å²) in [6.45, 7) is 6.00. The van der Waals surface area contributed by atoms with Crippen LogP contribution in [-0.2, 0) is 14.3 Å². The second kappa shape index (κ2) is 10.2. The fraction of sp³-hybridized carbons (Fsp3) is 0.933. The summed E-state index contributed by atoms with van der Waals surface area (Å²) < 4.78 is 10.9. The number of carbonyl (C=O) groups excluding carboxylic acids is 1. The van der Waals surface area contributed by atoms with Crippen molar-refractivity contribution in [1.82, 2.24) is 5.32 Å². The Bertz CT molecular complexity index is 234. The number of amides is 1. The summed E-state index contributed by atoms with van der Waals surface area (Å²) in [7, 11) is 0. The number of nitrogens with one attached hydrogen (secondary N) is 1. The molecule has 19 heavy (non-hydrogen) atoms. The average molecular weight is 271 g/mol. The van der Waals surface area contributed by atoms with Crippen LogP contribution in [0.1, 0.15) is 58.8 Å². The highest BCUT2D eigenvalue weighted by molar-refractivity contribution is 5.78. The molecule has 1 amide bonds. The monoisotopic (exact) mass is 271 g/mol. The minimum absolute atomic E-state index is 0.124. The molecule has 0 atom stereocenters. The van der Waals surface area contributed by atoms with Gasteiger partial charge in [0.15, 0.2) is 6.29 Å². The number of hydrogen-bond acceptors (Lipinski definition) is 3. The molecule has 0 heterocycles. The standard InChI is InChI=1S/C15H29NO3/c1-3-18-14(19-4-2)11-8-12-16-15(17)13-9-6-5-7-10-13/h13-14H,3-12H2,1-2H3,(H,16,17). The summed E-state index contributed by atoms with van der Waals surface area (Å²) >= 11 is 0. The molecule has 1 rings (SSSR count). The maximum absolute atomic E-state index is 11.9. The molecule has 0 aromatic carbocycles. The van der Waals surface area contributed by atoms with Crippen LogP contribution in [0.3, 0.4) is 0 Å². The summed E-state index contributed by atoms with van der Waals surface area (Å²) in [5.74, 6) is 0.493. The zero-order chi connectivity index (χ0) is 13.9. The van der Waals surface area contributed by atoms with Crippen LogP contribution < -0.4 is 5.32 Å². The lowest BCUT2D eigenvalue weighted by Crippen LogP contribution is -2.33. The van der Waals surface area contributed by atoms with E-state index in [-0.39, 0.29) is 18.1 Å². The zero-order valence-corrected chi connectivity index (χ0v) is 12.5. The molecule has 1 saturated carbocycles. The van der Waals surface area contributed by atoms with E-state index >= 15 is 0 Å². The summed E-state index contributed by atoms with van der Waals surface area (Å²) in [5, 5.41) is 3.04. The van der Waals surface area contributed by atoms with E-state index in [4.69, 9.17) is 9.47 Å². The lowest BCUT2D eigenvalue weighted by atomic mass is 9.89. The molecule has 4 heteroatoms. The minimum atomic E-state index is -0.124. The summed E-state index contributed by atoms with van der Waals surface area (Å²) in [6, 6.07) is 0. The Balaban J connectivity index is 2.09. The Morgan fingerprint density at radius 2 is 1.79 bits per heavy atom. The van der Waals surface area contributed by atoms with Crippen LogP contribution in [0.2, 0.25) is 0 Å². The molecule has 0 bridgehead atoms. The molecular formula is C15H29NO3. The van der Waals surface area contributed by atoms with Gasteiger partial charge in [0.2, 0.25) is 5.91 Å². The van der Waals surface area contributed by atoms with Crippen molar-refractivity contribution in [2.24, 2.45) is 5.92 Å². The zero-order valence-electron chi connectivity index (χ0n) is 12.5. The molecule has 1 aliphatic rings. The topological polar surface area (TPSA) is 47.6 Å². The molecular weight excluding hydrogens is 242 g/mol. The summed E-state index contributed by atoms with van der Waals surface area (Å²) in [6.07, 6.45) is 7.44. The van der Waals surface area contributed by atoms with Crippen molar-refractivity contribution in [1.29, 1.82) is 0 Å². The number of hydrogen-bond donors (Lipinski definition) is 1. The van der Waals surface area contributed by atoms with Gasteiger partial charge in [0.1, 0.15) is 0 Å². The van der Waals surface area contributed by atoms with Gasteiger partial charge >= 0.3 is 0 Å². The Morgan fingerprint density at radius 3 is 2.37 bits per heavy atom. The molecule has 1 N–H and O–H groups in total. The van der Waals surface area contributed by atoms with E-state index in [1.165, 1.54) is 19.3 Å². The van der Waals surface area contributed by atoms with E-state index in [9.17, 15) is 4.79 Å². The molecule has 0 aliphatic heterocycles. The van der Waals surface area contributed by atoms with Crippen molar-refractivity contribution in [2.45, 2.75) is 65.1 Å². The van der Waals surface area contributed by atoms with Crippen LogP contribution in [-0.4, -0.2) is 32.0 Å². The molecule has 0 spiro atoms. The average Bonchev–Trinajstić information content (AvgIpc) is 2.44. The Morgan fingerprint density at radius 1 is 1.16 bits per heavy atom. The van der Waals surface area contributed by atoms with E-state index in [0.717, 1.165) is 32.2 Å². The van der Waals surface area contributed by atoms with Gasteiger partial charge in [0.05, 0.1) is 0 Å². The molecule has 0 aromatic rings. The molecule has 0 saturated heterocycles. The number of rotatable bonds is 9. The van der Waals surface area contributed by atoms with E-state index in [2.05, 4.69) is 5.32 Å². The van der Waals surface area contributed by atoms with Crippen molar-refractivity contribution in [3.63, 3.8) is 0 Å². The third-order valence-electron chi connectivity index (χ3n) is 3.60. The Hall–Kier alpha value is -0.610. The fourth-order valence-corrected chi connectivity index (χ4v) is 2.58. The maximum Gasteiger partial charge on any atom is 0.223 e. The first-order valence-electron chi connectivity index (χ1n) is 7.78. The summed E-state index contributed by atoms with van der Waals surface area (Å²) in [4.78, 5) is 11.9.